The van der Waals surface area contributed by atoms with Gasteiger partial charge in [-0.05, 0) is 126 Å². The number of aliphatic hydroxyl groups excluding tert-OH is 4. The number of nitrogens with one attached hydrogen (secondary N) is 14. The summed E-state index contributed by atoms with van der Waals surface area (Å²) in [5.74, 6) is -24.5. The number of carbonyl (C=O) groups is 20. The number of aromatic amines is 1. The van der Waals surface area contributed by atoms with Gasteiger partial charge in [0, 0.05) is 115 Å². The molecular weight excluding hydrogens is 1930 g/mol. The number of hydrogen-bond acceptors (Lipinski definition) is 32. The van der Waals surface area contributed by atoms with Crippen molar-refractivity contribution in [2.75, 3.05) is 103 Å². The third-order valence-electron chi connectivity index (χ3n) is 24.3. The standard InChI is InChI=1S/C91H142N22O27S3/c1-49(2)34-53-37-70(120)77(50(3)4)109-85(131)61(24-25-73(93)122)103-88(134)67(107-83(129)59(20-10-12-26-92)100-76(125)45-140-33-32-139-31-30-138-29-15-17-56(118)16-6-9-23-72-79-65(46-141-72)108-91(137)111-79)48-143-142-47-66(87(133)105-63(43-115)69(119)36-52(80(95)126)35-54-40-97-58-19-8-7-18-57(54)58)101-75(124)41-98-81(127)55(42-114)38-71(121)78(51(5)117)110-89(135)68-22-14-28-113(68)90(136)62(39-74(94)123)104-86(132)64(44-116)106-84(130)60(102-82(53)128)21-11-13-27-99-112-96/h7-8,18-19,40,49-53,55,59-68,72,77-79,97,114-117H,6,9-17,20-39,41-48,92H2,1-5H3,(H2,93,122)(H2,94,123)(H2,95,126)(H,98,127)(H,100,125)(H,101,124)(H,102,128)(H,103,134)(H,104,132)(H,105,133)(H,106,130)(H,107,129)(H,109,131)(H,110,135)(H2,108,111,137)/t51-,52-,53-,55+,59+,60+,61+,62+,63+,64+,65+,66+,67+,68+,72+,77+,78+,79+/m1/s1. The minimum Gasteiger partial charge on any atom is -0.396 e. The number of carbonyl (C=O) groups excluding carboxylic acids is 20. The molecule has 0 spiro atoms. The van der Waals surface area contributed by atoms with Gasteiger partial charge in [0.15, 0.2) is 17.3 Å². The Bertz CT molecular complexity index is 4700. The average molecular weight is 2070 g/mol. The summed E-state index contributed by atoms with van der Waals surface area (Å²) >= 11 is 1.82. The van der Waals surface area contributed by atoms with Gasteiger partial charge < -0.3 is 137 Å². The number of hydrogen-bond donors (Lipinski definition) is 22. The number of aliphatic hydroxyl groups is 4. The van der Waals surface area contributed by atoms with E-state index < -0.39 is 285 Å². The smallest absolute Gasteiger partial charge is 0.315 e. The lowest BCUT2D eigenvalue weighted by molar-refractivity contribution is -0.144. The molecule has 18 atom stereocenters. The minimum absolute atomic E-state index is 0.000231. The first-order valence-electron chi connectivity index (χ1n) is 48.2. The molecule has 0 bridgehead atoms. The Morgan fingerprint density at radius 2 is 1.27 bits per heavy atom. The molecule has 52 heteroatoms. The molecule has 49 nitrogen and oxygen atoms in total. The first-order valence-corrected chi connectivity index (χ1v) is 51.7. The van der Waals surface area contributed by atoms with Gasteiger partial charge in [-0.25, -0.2) is 4.79 Å². The third kappa shape index (κ3) is 41.8. The second-order valence-corrected chi connectivity index (χ2v) is 40.3. The van der Waals surface area contributed by atoms with Crippen LogP contribution in [0, 0.1) is 29.6 Å². The molecule has 2 aromatic rings. The van der Waals surface area contributed by atoms with Gasteiger partial charge in [0.25, 0.3) is 0 Å². The zero-order valence-corrected chi connectivity index (χ0v) is 83.8. The van der Waals surface area contributed by atoms with Crippen molar-refractivity contribution in [2.24, 2.45) is 57.6 Å². The van der Waals surface area contributed by atoms with Crippen LogP contribution in [0.4, 0.5) is 4.79 Å². The molecule has 26 N–H and O–H groups in total. The fourth-order valence-electron chi connectivity index (χ4n) is 16.6. The highest BCUT2D eigenvalue weighted by Crippen LogP contribution is 2.34. The van der Waals surface area contributed by atoms with E-state index in [9.17, 15) is 112 Å². The number of azide groups is 1. The van der Waals surface area contributed by atoms with E-state index in [1.54, 1.807) is 44.3 Å². The molecule has 0 aliphatic carbocycles. The van der Waals surface area contributed by atoms with E-state index in [0.717, 1.165) is 58.4 Å². The SMILES string of the molecule is CC(C)C[C@@H]1CC(=O)[C@H](C(C)C)NC(=O)[C@H](CCC(N)=O)NC(=O)[C@@H](NC(=O)[C@H](CCCCN)NC(=O)COCCOCCOCCCC(=O)CCCC[C@@H]2SC[C@@H]3NC(=O)N[C@@H]32)CSSC[C@@H](C(=O)N[C@@H](CO)C(=O)C[C@@H](Cc2c[nH]c3ccccc23)C(N)=O)NC(=O)CNC(=O)[C@H](CO)CC(=O)[C@H]([C@@H](C)O)NC(=O)[C@@H]2CCCN2C(=O)[C@H](CC(N)=O)NC(=O)[C@H](CO)NC(=O)[C@H](CCCCN=[N+]=[N-])NC1=O. The number of thioether (sulfide) groups is 1. The van der Waals surface area contributed by atoms with Crippen molar-refractivity contribution < 1.29 is 131 Å². The summed E-state index contributed by atoms with van der Waals surface area (Å²) in [6, 6.07) is -11.9. The van der Waals surface area contributed by atoms with E-state index in [-0.39, 0.29) is 134 Å². The van der Waals surface area contributed by atoms with Crippen LogP contribution >= 0.6 is 33.3 Å². The number of benzene rings is 1. The number of ether oxygens (including phenoxy) is 3. The molecule has 4 saturated heterocycles. The number of rotatable bonds is 49. The summed E-state index contributed by atoms with van der Waals surface area (Å²) in [5.41, 5.74) is 33.3. The van der Waals surface area contributed by atoms with Crippen molar-refractivity contribution >= 4 is 162 Å². The summed E-state index contributed by atoms with van der Waals surface area (Å²) in [5, 5.41) is 80.6. The third-order valence-corrected chi connectivity index (χ3v) is 28.3. The summed E-state index contributed by atoms with van der Waals surface area (Å²) in [7, 11) is 1.46. The van der Waals surface area contributed by atoms with Crippen LogP contribution in [0.3, 0.4) is 0 Å². The van der Waals surface area contributed by atoms with E-state index in [0.29, 0.717) is 54.0 Å². The molecule has 5 heterocycles. The van der Waals surface area contributed by atoms with Crippen LogP contribution in [0.2, 0.25) is 0 Å². The predicted molar refractivity (Wildman–Crippen MR) is 523 cm³/mol. The zero-order chi connectivity index (χ0) is 105. The lowest BCUT2D eigenvalue weighted by Gasteiger charge is -2.31. The van der Waals surface area contributed by atoms with E-state index in [1.807, 2.05) is 11.8 Å². The molecule has 4 aliphatic heterocycles. The highest BCUT2D eigenvalue weighted by Gasteiger charge is 2.45. The van der Waals surface area contributed by atoms with Gasteiger partial charge in [-0.2, -0.15) is 11.8 Å². The molecule has 0 radical (unpaired) electrons. The van der Waals surface area contributed by atoms with Crippen molar-refractivity contribution in [3.05, 3.63) is 46.5 Å². The number of Topliss-reactive ketones (excluding diaryl/α,β-unsaturated/α-hetero) is 4. The molecule has 1 aromatic heterocycles. The second kappa shape index (κ2) is 63.8. The molecule has 6 rings (SSSR count). The fraction of sp³-hybridized carbons (Fsp3) is 0.692. The Morgan fingerprint density at radius 1 is 0.629 bits per heavy atom. The Balaban J connectivity index is 1.32. The average Bonchev–Trinajstić information content (AvgIpc) is 1.64. The number of fused-ring (bicyclic) bond motifs is 3. The highest BCUT2D eigenvalue weighted by molar-refractivity contribution is 8.76. The van der Waals surface area contributed by atoms with Gasteiger partial charge in [-0.3, -0.25) is 91.1 Å². The summed E-state index contributed by atoms with van der Waals surface area (Å²) in [6.07, 6.45) is -0.412. The Morgan fingerprint density at radius 3 is 1.94 bits per heavy atom. The van der Waals surface area contributed by atoms with Crippen LogP contribution in [-0.4, -0.2) is 341 Å². The van der Waals surface area contributed by atoms with Crippen LogP contribution in [0.25, 0.3) is 21.3 Å². The Labute approximate surface area is 840 Å². The number of nitrogens with two attached hydrogens (primary N) is 4. The molecule has 17 amide bonds. The first kappa shape index (κ1) is 120. The number of amides is 17. The number of unbranched alkanes of at least 4 members (excludes halogenated alkanes) is 3. The van der Waals surface area contributed by atoms with Crippen LogP contribution in [0.15, 0.2) is 35.6 Å². The molecule has 4 aliphatic rings. The van der Waals surface area contributed by atoms with E-state index >= 15 is 4.79 Å². The predicted octanol–water partition coefficient (Wildman–Crippen LogP) is -3.79. The largest absolute Gasteiger partial charge is 0.396 e. The molecule has 796 valence electrons. The van der Waals surface area contributed by atoms with Gasteiger partial charge >= 0.3 is 6.03 Å². The van der Waals surface area contributed by atoms with E-state index in [2.05, 4.69) is 84.1 Å². The normalized spacial score (nSPS) is 24.1. The Hall–Kier alpha value is -11.2. The van der Waals surface area contributed by atoms with Gasteiger partial charge in [-0.1, -0.05) is 85.4 Å². The number of aromatic nitrogens is 1. The number of primary amides is 3. The molecule has 0 saturated carbocycles. The van der Waals surface area contributed by atoms with Crippen molar-refractivity contribution in [1.82, 2.24) is 79.0 Å². The first-order chi connectivity index (χ1) is 68.2. The molecule has 0 unspecified atom stereocenters. The topological polar surface area (TPSA) is 778 Å². The number of nitrogens with zero attached hydrogens (tertiary/aromatic N) is 4. The lowest BCUT2D eigenvalue weighted by Crippen LogP contribution is -2.60. The summed E-state index contributed by atoms with van der Waals surface area (Å²) in [4.78, 5) is 287. The molecular formula is C91H142N22O27S3. The second-order valence-electron chi connectivity index (χ2n) is 36.5. The number of ketones is 4. The van der Waals surface area contributed by atoms with Gasteiger partial charge in [0.05, 0.1) is 89.4 Å². The molecule has 4 fully saturated rings. The van der Waals surface area contributed by atoms with Crippen molar-refractivity contribution in [3.63, 3.8) is 0 Å². The van der Waals surface area contributed by atoms with Crippen LogP contribution in [0.1, 0.15) is 175 Å². The molecule has 1 aromatic carbocycles. The van der Waals surface area contributed by atoms with Gasteiger partial charge in [0.2, 0.25) is 88.6 Å². The van der Waals surface area contributed by atoms with E-state index in [4.69, 9.17) is 42.7 Å². The highest BCUT2D eigenvalue weighted by atomic mass is 33.1. The van der Waals surface area contributed by atoms with E-state index in [1.165, 1.54) is 13.8 Å². The van der Waals surface area contributed by atoms with Crippen molar-refractivity contribution in [2.45, 2.75) is 266 Å². The number of para-hydroxylation sites is 1. The fourth-order valence-corrected chi connectivity index (χ4v) is 20.5. The summed E-state index contributed by atoms with van der Waals surface area (Å²) in [6.45, 7) is 2.89. The maximum Gasteiger partial charge on any atom is 0.315 e. The lowest BCUT2D eigenvalue weighted by atomic mass is 9.87. The van der Waals surface area contributed by atoms with Crippen molar-refractivity contribution in [3.8, 4) is 0 Å². The monoisotopic (exact) mass is 2070 g/mol. The van der Waals surface area contributed by atoms with Gasteiger partial charge in [0.1, 0.15) is 72.8 Å². The van der Waals surface area contributed by atoms with Crippen LogP contribution in [0.5, 0.6) is 0 Å². The van der Waals surface area contributed by atoms with Gasteiger partial charge in [-0.15, -0.1) is 0 Å². The van der Waals surface area contributed by atoms with Crippen molar-refractivity contribution in [1.29, 1.82) is 0 Å². The summed E-state index contributed by atoms with van der Waals surface area (Å²) < 4.78 is 16.9. The number of urea groups is 1. The molecule has 143 heavy (non-hydrogen) atoms. The number of H-pyrrole nitrogens is 1. The maximum atomic E-state index is 15.3. The van der Waals surface area contributed by atoms with Crippen LogP contribution < -0.4 is 92.1 Å². The van der Waals surface area contributed by atoms with Crippen LogP contribution in [-0.2, 0) is 112 Å². The zero-order valence-electron chi connectivity index (χ0n) is 81.3. The maximum absolute atomic E-state index is 15.3. The minimum atomic E-state index is -1.97. The quantitative estimate of drug-likeness (QED) is 0.00754. The Kier molecular flexibility index (Phi) is 53.8.